The molecule has 0 aliphatic heterocycles. The first-order valence-electron chi connectivity index (χ1n) is 9.50. The smallest absolute Gasteiger partial charge is 0.338 e. The van der Waals surface area contributed by atoms with E-state index in [9.17, 15) is 9.59 Å². The van der Waals surface area contributed by atoms with Gasteiger partial charge in [0.05, 0.1) is 30.5 Å². The van der Waals surface area contributed by atoms with Gasteiger partial charge in [-0.25, -0.2) is 4.79 Å². The molecular weight excluding hydrogens is 344 g/mol. The predicted molar refractivity (Wildman–Crippen MR) is 104 cm³/mol. The summed E-state index contributed by atoms with van der Waals surface area (Å²) in [6, 6.07) is 8.31. The van der Waals surface area contributed by atoms with E-state index in [0.29, 0.717) is 24.5 Å². The van der Waals surface area contributed by atoms with Gasteiger partial charge in [-0.1, -0.05) is 39.0 Å². The maximum absolute atomic E-state index is 11.9. The molecule has 1 aromatic carbocycles. The third-order valence-corrected chi connectivity index (χ3v) is 3.89. The summed E-state index contributed by atoms with van der Waals surface area (Å²) in [5.74, 6) is -2.03. The molecule has 6 nitrogen and oxygen atoms in total. The number of carbonyl (C=O) groups excluding carboxylic acids is 2. The molecule has 0 spiro atoms. The lowest BCUT2D eigenvalue weighted by Gasteiger charge is -2.06. The molecule has 0 radical (unpaired) electrons. The molecule has 0 N–H and O–H groups in total. The van der Waals surface area contributed by atoms with Crippen LogP contribution in [0.3, 0.4) is 0 Å². The second kappa shape index (κ2) is 13.5. The molecule has 0 aliphatic carbocycles. The van der Waals surface area contributed by atoms with E-state index in [2.05, 4.69) is 11.9 Å². The molecule has 0 aliphatic rings. The monoisotopic (exact) mass is 372 g/mol. The molecule has 0 fully saturated rings. The molecule has 146 valence electrons. The lowest BCUT2D eigenvalue weighted by Crippen LogP contribution is -2.18. The van der Waals surface area contributed by atoms with Crippen molar-refractivity contribution >= 4 is 23.8 Å². The van der Waals surface area contributed by atoms with Gasteiger partial charge in [0.15, 0.2) is 5.92 Å². The van der Waals surface area contributed by atoms with Crippen LogP contribution in [-0.2, 0) is 14.3 Å². The van der Waals surface area contributed by atoms with Crippen LogP contribution < -0.4 is 0 Å². The molecule has 0 aromatic heterocycles. The molecule has 6 heteroatoms. The van der Waals surface area contributed by atoms with E-state index >= 15 is 0 Å². The minimum absolute atomic E-state index is 0.309. The maximum Gasteiger partial charge on any atom is 0.338 e. The molecule has 0 bridgehead atoms. The summed E-state index contributed by atoms with van der Waals surface area (Å²) in [4.78, 5) is 27.7. The van der Waals surface area contributed by atoms with Crippen LogP contribution in [0.5, 0.6) is 0 Å². The van der Waals surface area contributed by atoms with E-state index in [1.165, 1.54) is 25.5 Å². The standard InChI is InChI=1S/C21H28N2O4/c1-3-5-6-7-8-9-14-27-21(25)18(15-22)16-23-19-12-10-17(11-13-19)20(24)26-4-2/h10-13,16,18H,3-9,14H2,1-2H3. The number of aliphatic imine (C=N–C) groups is 1. The number of carbonyl (C=O) groups is 2. The van der Waals surface area contributed by atoms with Crippen molar-refractivity contribution in [3.8, 4) is 6.07 Å². The van der Waals surface area contributed by atoms with Crippen LogP contribution in [0.25, 0.3) is 0 Å². The van der Waals surface area contributed by atoms with E-state index in [-0.39, 0.29) is 0 Å². The van der Waals surface area contributed by atoms with Crippen molar-refractivity contribution in [2.45, 2.75) is 52.4 Å². The van der Waals surface area contributed by atoms with Crippen LogP contribution in [0, 0.1) is 17.2 Å². The van der Waals surface area contributed by atoms with Gasteiger partial charge in [-0.2, -0.15) is 5.26 Å². The molecule has 1 unspecified atom stereocenters. The van der Waals surface area contributed by atoms with Crippen molar-refractivity contribution in [3.05, 3.63) is 29.8 Å². The summed E-state index contributed by atoms with van der Waals surface area (Å²) in [6.07, 6.45) is 7.86. The van der Waals surface area contributed by atoms with Crippen molar-refractivity contribution in [2.75, 3.05) is 13.2 Å². The number of hydrogen-bond acceptors (Lipinski definition) is 6. The number of hydrogen-bond donors (Lipinski definition) is 0. The van der Waals surface area contributed by atoms with E-state index in [4.69, 9.17) is 14.7 Å². The third kappa shape index (κ3) is 9.00. The van der Waals surface area contributed by atoms with Crippen LogP contribution in [0.15, 0.2) is 29.3 Å². The molecular formula is C21H28N2O4. The zero-order chi connectivity index (χ0) is 19.9. The quantitative estimate of drug-likeness (QED) is 0.304. The Labute approximate surface area is 161 Å². The first kappa shape index (κ1) is 22.4. The minimum Gasteiger partial charge on any atom is -0.464 e. The third-order valence-electron chi connectivity index (χ3n) is 3.89. The van der Waals surface area contributed by atoms with Gasteiger partial charge in [-0.05, 0) is 37.6 Å². The van der Waals surface area contributed by atoms with Gasteiger partial charge in [0.25, 0.3) is 0 Å². The van der Waals surface area contributed by atoms with E-state index in [1.54, 1.807) is 31.2 Å². The Balaban J connectivity index is 2.44. The molecule has 0 saturated carbocycles. The minimum atomic E-state index is -1.05. The largest absolute Gasteiger partial charge is 0.464 e. The van der Waals surface area contributed by atoms with Crippen LogP contribution in [-0.4, -0.2) is 31.4 Å². The normalized spacial score (nSPS) is 11.7. The average molecular weight is 372 g/mol. The molecule has 0 saturated heterocycles. The highest BCUT2D eigenvalue weighted by molar-refractivity contribution is 5.94. The highest BCUT2D eigenvalue weighted by atomic mass is 16.5. The maximum atomic E-state index is 11.9. The zero-order valence-corrected chi connectivity index (χ0v) is 16.1. The Morgan fingerprint density at radius 2 is 1.74 bits per heavy atom. The molecule has 0 amide bonds. The van der Waals surface area contributed by atoms with Crippen molar-refractivity contribution in [3.63, 3.8) is 0 Å². The van der Waals surface area contributed by atoms with Gasteiger partial charge in [0.1, 0.15) is 0 Å². The molecule has 1 aromatic rings. The second-order valence-corrected chi connectivity index (χ2v) is 6.09. The fourth-order valence-electron chi connectivity index (χ4n) is 2.35. The second-order valence-electron chi connectivity index (χ2n) is 6.09. The summed E-state index contributed by atoms with van der Waals surface area (Å²) in [5, 5.41) is 9.15. The Bertz CT molecular complexity index is 647. The van der Waals surface area contributed by atoms with Gasteiger partial charge in [0.2, 0.25) is 0 Å². The van der Waals surface area contributed by atoms with Gasteiger partial charge < -0.3 is 9.47 Å². The summed E-state index contributed by atoms with van der Waals surface area (Å²) in [7, 11) is 0. The van der Waals surface area contributed by atoms with Crippen molar-refractivity contribution < 1.29 is 19.1 Å². The van der Waals surface area contributed by atoms with Gasteiger partial charge >= 0.3 is 11.9 Å². The predicted octanol–water partition coefficient (Wildman–Crippen LogP) is 4.61. The first-order valence-corrected chi connectivity index (χ1v) is 9.50. The summed E-state index contributed by atoms with van der Waals surface area (Å²) in [5.41, 5.74) is 0.956. The van der Waals surface area contributed by atoms with Gasteiger partial charge in [-0.15, -0.1) is 0 Å². The Hall–Kier alpha value is -2.68. The van der Waals surface area contributed by atoms with E-state index in [0.717, 1.165) is 19.3 Å². The van der Waals surface area contributed by atoms with Gasteiger partial charge in [0, 0.05) is 6.21 Å². The number of rotatable bonds is 12. The number of nitriles is 1. The summed E-state index contributed by atoms with van der Waals surface area (Å²) >= 11 is 0. The number of unbranched alkanes of at least 4 members (excludes halogenated alkanes) is 5. The van der Waals surface area contributed by atoms with Crippen molar-refractivity contribution in [1.82, 2.24) is 0 Å². The van der Waals surface area contributed by atoms with Crippen molar-refractivity contribution in [2.24, 2.45) is 10.9 Å². The van der Waals surface area contributed by atoms with Crippen LogP contribution in [0.2, 0.25) is 0 Å². The van der Waals surface area contributed by atoms with Crippen molar-refractivity contribution in [1.29, 1.82) is 5.26 Å². The van der Waals surface area contributed by atoms with Crippen LogP contribution in [0.4, 0.5) is 5.69 Å². The van der Waals surface area contributed by atoms with Crippen LogP contribution in [0.1, 0.15) is 62.7 Å². The molecule has 0 heterocycles. The Morgan fingerprint density at radius 3 is 2.37 bits per heavy atom. The highest BCUT2D eigenvalue weighted by Crippen LogP contribution is 2.14. The fraction of sp³-hybridized carbons (Fsp3) is 0.524. The zero-order valence-electron chi connectivity index (χ0n) is 16.1. The first-order chi connectivity index (χ1) is 13.1. The molecule has 1 rings (SSSR count). The lowest BCUT2D eigenvalue weighted by atomic mass is 10.1. The van der Waals surface area contributed by atoms with Gasteiger partial charge in [-0.3, -0.25) is 9.79 Å². The van der Waals surface area contributed by atoms with E-state index in [1.807, 2.05) is 6.07 Å². The average Bonchev–Trinajstić information content (AvgIpc) is 2.68. The SMILES string of the molecule is CCCCCCCCOC(=O)C(C#N)C=Nc1ccc(C(=O)OCC)cc1. The highest BCUT2D eigenvalue weighted by Gasteiger charge is 2.17. The summed E-state index contributed by atoms with van der Waals surface area (Å²) < 4.78 is 10.1. The topological polar surface area (TPSA) is 88.8 Å². The molecule has 1 atom stereocenters. The lowest BCUT2D eigenvalue weighted by molar-refractivity contribution is -0.144. The summed E-state index contributed by atoms with van der Waals surface area (Å²) in [6.45, 7) is 4.54. The number of esters is 2. The Morgan fingerprint density at radius 1 is 1.07 bits per heavy atom. The number of benzene rings is 1. The fourth-order valence-corrected chi connectivity index (χ4v) is 2.35. The van der Waals surface area contributed by atoms with Crippen LogP contribution >= 0.6 is 0 Å². The Kier molecular flexibility index (Phi) is 11.2. The van der Waals surface area contributed by atoms with E-state index < -0.39 is 17.9 Å². The molecule has 27 heavy (non-hydrogen) atoms. The number of ether oxygens (including phenoxy) is 2. The number of nitrogens with zero attached hydrogens (tertiary/aromatic N) is 2.